The molecule has 0 amide bonds. The zero-order valence-corrected chi connectivity index (χ0v) is 7.58. The van der Waals surface area contributed by atoms with Gasteiger partial charge in [-0.1, -0.05) is 25.8 Å². The molecule has 68 valence electrons. The molecule has 0 aromatic carbocycles. The number of hydrogen-bond donors (Lipinski definition) is 0. The van der Waals surface area contributed by atoms with Gasteiger partial charge in [0.1, 0.15) is 0 Å². The first-order valence-corrected chi connectivity index (χ1v) is 4.64. The minimum atomic E-state index is -0.191. The quantitative estimate of drug-likeness (QED) is 0.519. The average molecular weight is 168 g/mol. The predicted octanol–water partition coefficient (Wildman–Crippen LogP) is 2.30. The fraction of sp³-hybridized carbons (Fsp3) is 0.700. The van der Waals surface area contributed by atoms with E-state index in [1.807, 2.05) is 6.08 Å². The maximum Gasteiger partial charge on any atom is 0.330 e. The van der Waals surface area contributed by atoms with Crippen LogP contribution in [-0.2, 0) is 9.53 Å². The molecule has 1 rings (SSSR count). The molecule has 0 saturated heterocycles. The molecule has 0 saturated carbocycles. The summed E-state index contributed by atoms with van der Waals surface area (Å²) in [7, 11) is 0. The normalized spacial score (nSPS) is 29.1. The molecule has 2 heteroatoms. The summed E-state index contributed by atoms with van der Waals surface area (Å²) < 4.78 is 4.94. The van der Waals surface area contributed by atoms with Crippen LogP contribution in [0.2, 0.25) is 0 Å². The first-order chi connectivity index (χ1) is 5.79. The van der Waals surface area contributed by atoms with Crippen LogP contribution in [0, 0.1) is 5.92 Å². The Kier molecular flexibility index (Phi) is 3.85. The van der Waals surface area contributed by atoms with E-state index < -0.39 is 0 Å². The fourth-order valence-electron chi connectivity index (χ4n) is 1.31. The molecule has 2 nitrogen and oxygen atoms in total. The molecule has 0 aromatic heterocycles. The molecule has 1 atom stereocenters. The largest absolute Gasteiger partial charge is 0.463 e. The Bertz CT molecular complexity index is 173. The lowest BCUT2D eigenvalue weighted by Crippen LogP contribution is -2.05. The summed E-state index contributed by atoms with van der Waals surface area (Å²) in [6.45, 7) is 2.71. The topological polar surface area (TPSA) is 26.3 Å². The van der Waals surface area contributed by atoms with Gasteiger partial charge in [-0.05, 0) is 18.8 Å². The summed E-state index contributed by atoms with van der Waals surface area (Å²) in [5, 5.41) is 0. The number of carbonyl (C=O) groups is 1. The Balaban J connectivity index is 2.44. The smallest absolute Gasteiger partial charge is 0.330 e. The van der Waals surface area contributed by atoms with E-state index in [0.717, 1.165) is 6.42 Å². The third kappa shape index (κ3) is 3.56. The van der Waals surface area contributed by atoms with Gasteiger partial charge in [-0.15, -0.1) is 0 Å². The highest BCUT2D eigenvalue weighted by atomic mass is 16.5. The van der Waals surface area contributed by atoms with Crippen molar-refractivity contribution < 1.29 is 9.53 Å². The Labute approximate surface area is 73.6 Å². The van der Waals surface area contributed by atoms with Crippen molar-refractivity contribution in [1.82, 2.24) is 0 Å². The van der Waals surface area contributed by atoms with E-state index in [0.29, 0.717) is 12.5 Å². The summed E-state index contributed by atoms with van der Waals surface area (Å²) >= 11 is 0. The molecule has 0 aromatic rings. The average Bonchev–Trinajstić information content (AvgIpc) is 2.07. The molecule has 0 aliphatic carbocycles. The van der Waals surface area contributed by atoms with Gasteiger partial charge in [0.15, 0.2) is 0 Å². The van der Waals surface area contributed by atoms with Crippen LogP contribution in [0.25, 0.3) is 0 Å². The van der Waals surface area contributed by atoms with Gasteiger partial charge in [0, 0.05) is 6.08 Å². The summed E-state index contributed by atoms with van der Waals surface area (Å²) in [6.07, 6.45) is 8.09. The lowest BCUT2D eigenvalue weighted by Gasteiger charge is -2.08. The standard InChI is InChI=1S/C10H16O2/c1-9-5-3-2-4-8-12-10(11)7-6-9/h6-7,9H,2-5,8H2,1H3/b7-6+. The second kappa shape index (κ2) is 4.96. The number of esters is 1. The van der Waals surface area contributed by atoms with Crippen LogP contribution >= 0.6 is 0 Å². The maximum absolute atomic E-state index is 10.9. The molecular weight excluding hydrogens is 152 g/mol. The number of ether oxygens (including phenoxy) is 1. The number of allylic oxidation sites excluding steroid dienone is 1. The Morgan fingerprint density at radius 1 is 1.42 bits per heavy atom. The van der Waals surface area contributed by atoms with Crippen LogP contribution in [0.4, 0.5) is 0 Å². The third-order valence-electron chi connectivity index (χ3n) is 2.11. The van der Waals surface area contributed by atoms with Gasteiger partial charge in [0.25, 0.3) is 0 Å². The van der Waals surface area contributed by atoms with Crippen molar-refractivity contribution in [2.45, 2.75) is 32.6 Å². The molecular formula is C10H16O2. The van der Waals surface area contributed by atoms with E-state index in [4.69, 9.17) is 4.74 Å². The maximum atomic E-state index is 10.9. The van der Waals surface area contributed by atoms with Gasteiger partial charge < -0.3 is 4.74 Å². The highest BCUT2D eigenvalue weighted by Gasteiger charge is 2.03. The first kappa shape index (κ1) is 9.30. The minimum absolute atomic E-state index is 0.191. The van der Waals surface area contributed by atoms with Crippen molar-refractivity contribution in [1.29, 1.82) is 0 Å². The van der Waals surface area contributed by atoms with E-state index >= 15 is 0 Å². The van der Waals surface area contributed by atoms with E-state index in [1.54, 1.807) is 6.08 Å². The molecule has 0 fully saturated rings. The Morgan fingerprint density at radius 3 is 3.08 bits per heavy atom. The van der Waals surface area contributed by atoms with Crippen LogP contribution in [-0.4, -0.2) is 12.6 Å². The predicted molar refractivity (Wildman–Crippen MR) is 47.7 cm³/mol. The van der Waals surface area contributed by atoms with Crippen LogP contribution in [0.15, 0.2) is 12.2 Å². The van der Waals surface area contributed by atoms with Crippen molar-refractivity contribution in [3.05, 3.63) is 12.2 Å². The zero-order chi connectivity index (χ0) is 8.81. The summed E-state index contributed by atoms with van der Waals surface area (Å²) in [6, 6.07) is 0. The first-order valence-electron chi connectivity index (χ1n) is 4.64. The van der Waals surface area contributed by atoms with Gasteiger partial charge in [-0.3, -0.25) is 0 Å². The number of rotatable bonds is 0. The second-order valence-corrected chi connectivity index (χ2v) is 3.35. The van der Waals surface area contributed by atoms with Gasteiger partial charge in [-0.25, -0.2) is 4.79 Å². The van der Waals surface area contributed by atoms with Crippen molar-refractivity contribution in [2.24, 2.45) is 5.92 Å². The lowest BCUT2D eigenvalue weighted by molar-refractivity contribution is -0.137. The van der Waals surface area contributed by atoms with E-state index in [2.05, 4.69) is 6.92 Å². The number of cyclic esters (lactones) is 1. The van der Waals surface area contributed by atoms with E-state index in [1.165, 1.54) is 19.3 Å². The van der Waals surface area contributed by atoms with E-state index in [-0.39, 0.29) is 5.97 Å². The van der Waals surface area contributed by atoms with Crippen molar-refractivity contribution in [3.63, 3.8) is 0 Å². The monoisotopic (exact) mass is 168 g/mol. The van der Waals surface area contributed by atoms with Crippen LogP contribution in [0.1, 0.15) is 32.6 Å². The second-order valence-electron chi connectivity index (χ2n) is 3.35. The molecule has 1 heterocycles. The molecule has 0 N–H and O–H groups in total. The molecule has 0 spiro atoms. The Hall–Kier alpha value is -0.790. The number of carbonyl (C=O) groups excluding carboxylic acids is 1. The van der Waals surface area contributed by atoms with Gasteiger partial charge in [0.2, 0.25) is 0 Å². The lowest BCUT2D eigenvalue weighted by atomic mass is 10.0. The van der Waals surface area contributed by atoms with Crippen molar-refractivity contribution in [3.8, 4) is 0 Å². The molecule has 1 aliphatic heterocycles. The Morgan fingerprint density at radius 2 is 2.25 bits per heavy atom. The SMILES string of the molecule is CC1/C=C/C(=O)OCCCCC1. The van der Waals surface area contributed by atoms with Crippen LogP contribution in [0.3, 0.4) is 0 Å². The highest BCUT2D eigenvalue weighted by molar-refractivity contribution is 5.81. The van der Waals surface area contributed by atoms with Crippen molar-refractivity contribution in [2.75, 3.05) is 6.61 Å². The van der Waals surface area contributed by atoms with Crippen LogP contribution in [0.5, 0.6) is 0 Å². The fourth-order valence-corrected chi connectivity index (χ4v) is 1.31. The molecule has 12 heavy (non-hydrogen) atoms. The van der Waals surface area contributed by atoms with Crippen LogP contribution < -0.4 is 0 Å². The molecule has 0 radical (unpaired) electrons. The highest BCUT2D eigenvalue weighted by Crippen LogP contribution is 2.12. The van der Waals surface area contributed by atoms with Gasteiger partial charge in [0.05, 0.1) is 6.61 Å². The van der Waals surface area contributed by atoms with E-state index in [9.17, 15) is 4.79 Å². The minimum Gasteiger partial charge on any atom is -0.463 e. The summed E-state index contributed by atoms with van der Waals surface area (Å²) in [5.74, 6) is 0.319. The summed E-state index contributed by atoms with van der Waals surface area (Å²) in [4.78, 5) is 10.9. The van der Waals surface area contributed by atoms with Crippen molar-refractivity contribution >= 4 is 5.97 Å². The zero-order valence-electron chi connectivity index (χ0n) is 7.58. The molecule has 1 unspecified atom stereocenters. The molecule has 1 aliphatic rings. The number of hydrogen-bond acceptors (Lipinski definition) is 2. The third-order valence-corrected chi connectivity index (χ3v) is 2.11. The summed E-state index contributed by atoms with van der Waals surface area (Å²) in [5.41, 5.74) is 0. The molecule has 0 bridgehead atoms. The van der Waals surface area contributed by atoms with Gasteiger partial charge in [-0.2, -0.15) is 0 Å². The van der Waals surface area contributed by atoms with Gasteiger partial charge >= 0.3 is 5.97 Å².